The van der Waals surface area contributed by atoms with E-state index in [1.54, 1.807) is 7.11 Å². The molecule has 1 fully saturated rings. The zero-order valence-electron chi connectivity index (χ0n) is 13.7. The fraction of sp³-hybridized carbons (Fsp3) is 0.667. The SMILES string of the molecule is CCCN(CC1CC1)C(c1ccc(OC)cc1)C(N)CC. The van der Waals surface area contributed by atoms with E-state index in [1.165, 1.54) is 31.4 Å². The molecule has 1 saturated carbocycles. The van der Waals surface area contributed by atoms with Gasteiger partial charge in [0, 0.05) is 18.6 Å². The summed E-state index contributed by atoms with van der Waals surface area (Å²) in [5.41, 5.74) is 7.79. The molecule has 0 radical (unpaired) electrons. The quantitative estimate of drug-likeness (QED) is 0.755. The van der Waals surface area contributed by atoms with Crippen molar-refractivity contribution in [2.24, 2.45) is 11.7 Å². The smallest absolute Gasteiger partial charge is 0.118 e. The highest BCUT2D eigenvalue weighted by Gasteiger charge is 2.31. The van der Waals surface area contributed by atoms with E-state index in [-0.39, 0.29) is 6.04 Å². The maximum atomic E-state index is 6.47. The van der Waals surface area contributed by atoms with Gasteiger partial charge in [-0.05, 0) is 55.8 Å². The molecule has 1 aromatic carbocycles. The van der Waals surface area contributed by atoms with Crippen LogP contribution in [0.15, 0.2) is 24.3 Å². The van der Waals surface area contributed by atoms with E-state index < -0.39 is 0 Å². The van der Waals surface area contributed by atoms with Crippen molar-refractivity contribution in [3.05, 3.63) is 29.8 Å². The third-order valence-corrected chi connectivity index (χ3v) is 4.43. The van der Waals surface area contributed by atoms with Crippen molar-refractivity contribution in [2.45, 2.75) is 51.6 Å². The van der Waals surface area contributed by atoms with E-state index in [2.05, 4.69) is 30.9 Å². The summed E-state index contributed by atoms with van der Waals surface area (Å²) in [7, 11) is 1.71. The number of ether oxygens (including phenoxy) is 1. The highest BCUT2D eigenvalue weighted by atomic mass is 16.5. The maximum absolute atomic E-state index is 6.47. The van der Waals surface area contributed by atoms with Gasteiger partial charge in [-0.1, -0.05) is 26.0 Å². The molecule has 3 heteroatoms. The van der Waals surface area contributed by atoms with Gasteiger partial charge in [-0.25, -0.2) is 0 Å². The van der Waals surface area contributed by atoms with Gasteiger partial charge < -0.3 is 10.5 Å². The van der Waals surface area contributed by atoms with Gasteiger partial charge in [0.05, 0.1) is 7.11 Å². The summed E-state index contributed by atoms with van der Waals surface area (Å²) in [6, 6.07) is 8.95. The number of nitrogens with zero attached hydrogens (tertiary/aromatic N) is 1. The Hall–Kier alpha value is -1.06. The summed E-state index contributed by atoms with van der Waals surface area (Å²) < 4.78 is 5.27. The lowest BCUT2D eigenvalue weighted by atomic mass is 9.95. The largest absolute Gasteiger partial charge is 0.497 e. The summed E-state index contributed by atoms with van der Waals surface area (Å²) in [5.74, 6) is 1.80. The van der Waals surface area contributed by atoms with Crippen LogP contribution in [0.3, 0.4) is 0 Å². The Labute approximate surface area is 129 Å². The first kappa shape index (κ1) is 16.3. The second kappa shape index (κ2) is 7.81. The minimum atomic E-state index is 0.184. The number of methoxy groups -OCH3 is 1. The van der Waals surface area contributed by atoms with Crippen molar-refractivity contribution in [3.8, 4) is 5.75 Å². The number of hydrogen-bond acceptors (Lipinski definition) is 3. The minimum Gasteiger partial charge on any atom is -0.497 e. The van der Waals surface area contributed by atoms with Crippen LogP contribution in [0.1, 0.15) is 51.1 Å². The first-order chi connectivity index (χ1) is 10.2. The topological polar surface area (TPSA) is 38.5 Å². The molecule has 2 N–H and O–H groups in total. The molecule has 3 nitrogen and oxygen atoms in total. The van der Waals surface area contributed by atoms with Crippen molar-refractivity contribution in [2.75, 3.05) is 20.2 Å². The van der Waals surface area contributed by atoms with Crippen molar-refractivity contribution in [3.63, 3.8) is 0 Å². The van der Waals surface area contributed by atoms with Gasteiger partial charge in [0.25, 0.3) is 0 Å². The lowest BCUT2D eigenvalue weighted by molar-refractivity contribution is 0.162. The third kappa shape index (κ3) is 4.45. The number of hydrogen-bond donors (Lipinski definition) is 1. The van der Waals surface area contributed by atoms with Crippen LogP contribution in [0.4, 0.5) is 0 Å². The number of rotatable bonds is 9. The Morgan fingerprint density at radius 1 is 1.24 bits per heavy atom. The molecule has 21 heavy (non-hydrogen) atoms. The Morgan fingerprint density at radius 2 is 1.90 bits per heavy atom. The van der Waals surface area contributed by atoms with Gasteiger partial charge in [0.15, 0.2) is 0 Å². The van der Waals surface area contributed by atoms with Crippen molar-refractivity contribution < 1.29 is 4.74 Å². The Balaban J connectivity index is 2.20. The predicted octanol–water partition coefficient (Wildman–Crippen LogP) is 3.60. The van der Waals surface area contributed by atoms with E-state index >= 15 is 0 Å². The number of nitrogens with two attached hydrogens (primary N) is 1. The molecule has 2 rings (SSSR count). The molecular formula is C18H30N2O. The van der Waals surface area contributed by atoms with Crippen LogP contribution in [0.2, 0.25) is 0 Å². The second-order valence-corrected chi connectivity index (χ2v) is 6.23. The summed E-state index contributed by atoms with van der Waals surface area (Å²) in [5, 5.41) is 0. The third-order valence-electron chi connectivity index (χ3n) is 4.43. The van der Waals surface area contributed by atoms with Gasteiger partial charge in [-0.2, -0.15) is 0 Å². The van der Waals surface area contributed by atoms with Crippen LogP contribution in [0.5, 0.6) is 5.75 Å². The van der Waals surface area contributed by atoms with E-state index in [1.807, 2.05) is 12.1 Å². The Kier molecular flexibility index (Phi) is 6.07. The Morgan fingerprint density at radius 3 is 2.38 bits per heavy atom. The zero-order chi connectivity index (χ0) is 15.2. The summed E-state index contributed by atoms with van der Waals surface area (Å²) in [6.07, 6.45) is 4.95. The van der Waals surface area contributed by atoms with E-state index in [9.17, 15) is 0 Å². The lowest BCUT2D eigenvalue weighted by Gasteiger charge is -2.36. The standard InChI is InChI=1S/C18H30N2O/c1-4-12-20(13-14-6-7-14)18(17(19)5-2)15-8-10-16(21-3)11-9-15/h8-11,14,17-18H,4-7,12-13,19H2,1-3H3. The van der Waals surface area contributed by atoms with Gasteiger partial charge in [0.2, 0.25) is 0 Å². The van der Waals surface area contributed by atoms with Crippen molar-refractivity contribution in [1.29, 1.82) is 0 Å². The van der Waals surface area contributed by atoms with E-state index in [0.29, 0.717) is 6.04 Å². The molecule has 2 atom stereocenters. The van der Waals surface area contributed by atoms with Gasteiger partial charge in [-0.3, -0.25) is 4.90 Å². The summed E-state index contributed by atoms with van der Waals surface area (Å²) >= 11 is 0. The monoisotopic (exact) mass is 290 g/mol. The molecule has 0 aromatic heterocycles. The van der Waals surface area contributed by atoms with Crippen LogP contribution < -0.4 is 10.5 Å². The normalized spacial score (nSPS) is 17.8. The highest BCUT2D eigenvalue weighted by Crippen LogP contribution is 2.34. The molecule has 0 aliphatic heterocycles. The molecule has 0 amide bonds. The fourth-order valence-electron chi connectivity index (χ4n) is 3.02. The highest BCUT2D eigenvalue weighted by molar-refractivity contribution is 5.30. The van der Waals surface area contributed by atoms with Crippen LogP contribution in [-0.2, 0) is 0 Å². The van der Waals surface area contributed by atoms with Crippen LogP contribution in [0, 0.1) is 5.92 Å². The predicted molar refractivity (Wildman–Crippen MR) is 88.6 cm³/mol. The number of benzene rings is 1. The van der Waals surface area contributed by atoms with E-state index in [0.717, 1.165) is 24.6 Å². The second-order valence-electron chi connectivity index (χ2n) is 6.23. The molecular weight excluding hydrogens is 260 g/mol. The molecule has 1 aliphatic rings. The van der Waals surface area contributed by atoms with Crippen LogP contribution in [-0.4, -0.2) is 31.1 Å². The first-order valence-electron chi connectivity index (χ1n) is 8.33. The summed E-state index contributed by atoms with van der Waals surface area (Å²) in [4.78, 5) is 2.60. The maximum Gasteiger partial charge on any atom is 0.118 e. The summed E-state index contributed by atoms with van der Waals surface area (Å²) in [6.45, 7) is 6.75. The molecule has 0 heterocycles. The van der Waals surface area contributed by atoms with Gasteiger partial charge in [-0.15, -0.1) is 0 Å². The fourth-order valence-corrected chi connectivity index (χ4v) is 3.02. The van der Waals surface area contributed by atoms with Gasteiger partial charge >= 0.3 is 0 Å². The lowest BCUT2D eigenvalue weighted by Crippen LogP contribution is -2.42. The average Bonchev–Trinajstić information content (AvgIpc) is 3.32. The molecule has 2 unspecified atom stereocenters. The minimum absolute atomic E-state index is 0.184. The van der Waals surface area contributed by atoms with Gasteiger partial charge in [0.1, 0.15) is 5.75 Å². The molecule has 1 aromatic rings. The van der Waals surface area contributed by atoms with Crippen molar-refractivity contribution >= 4 is 0 Å². The molecule has 0 spiro atoms. The van der Waals surface area contributed by atoms with Crippen molar-refractivity contribution in [1.82, 2.24) is 4.90 Å². The average molecular weight is 290 g/mol. The van der Waals surface area contributed by atoms with E-state index in [4.69, 9.17) is 10.5 Å². The molecule has 118 valence electrons. The Bertz CT molecular complexity index is 414. The zero-order valence-corrected chi connectivity index (χ0v) is 13.7. The molecule has 0 saturated heterocycles. The van der Waals surface area contributed by atoms with Crippen LogP contribution >= 0.6 is 0 Å². The molecule has 1 aliphatic carbocycles. The molecule has 0 bridgehead atoms. The van der Waals surface area contributed by atoms with Crippen LogP contribution in [0.25, 0.3) is 0 Å². The first-order valence-corrected chi connectivity index (χ1v) is 8.33.